The molecular formula is C17H28N2O10. The van der Waals surface area contributed by atoms with Crippen molar-refractivity contribution in [2.24, 2.45) is 0 Å². The van der Waals surface area contributed by atoms with E-state index in [4.69, 9.17) is 9.47 Å². The van der Waals surface area contributed by atoms with E-state index >= 15 is 0 Å². The molecule has 12 nitrogen and oxygen atoms in total. The number of carbonyl (C=O) groups is 2. The standard InChI is InChI=1S/C17H28N2O10/c20-16(7-3-1-5-11-26-18(22)23)28-14-9-10-15(13-14)29-17(21)8-4-2-6-12-27-19(24)25/h14-15H,1-13H2. The summed E-state index contributed by atoms with van der Waals surface area (Å²) in [6, 6.07) is 0. The number of ether oxygens (including phenoxy) is 2. The van der Waals surface area contributed by atoms with Gasteiger partial charge in [0.05, 0.1) is 13.2 Å². The van der Waals surface area contributed by atoms with Crippen molar-refractivity contribution in [3.05, 3.63) is 20.2 Å². The molecule has 166 valence electrons. The van der Waals surface area contributed by atoms with Gasteiger partial charge in [-0.05, 0) is 38.5 Å². The monoisotopic (exact) mass is 420 g/mol. The molecule has 0 radical (unpaired) electrons. The molecule has 0 bridgehead atoms. The molecule has 0 aromatic rings. The summed E-state index contributed by atoms with van der Waals surface area (Å²) in [7, 11) is 0. The minimum absolute atomic E-state index is 0.0182. The molecule has 0 aromatic carbocycles. The summed E-state index contributed by atoms with van der Waals surface area (Å²) < 4.78 is 10.7. The second-order valence-corrected chi connectivity index (χ2v) is 6.77. The normalized spacial score (nSPS) is 18.1. The van der Waals surface area contributed by atoms with Crippen LogP contribution in [0.15, 0.2) is 0 Å². The Morgan fingerprint density at radius 2 is 1.14 bits per heavy atom. The molecule has 0 heterocycles. The van der Waals surface area contributed by atoms with E-state index in [1.807, 2.05) is 0 Å². The van der Waals surface area contributed by atoms with Gasteiger partial charge in [0.15, 0.2) is 0 Å². The fourth-order valence-electron chi connectivity index (χ4n) is 2.98. The highest BCUT2D eigenvalue weighted by molar-refractivity contribution is 5.70. The SMILES string of the molecule is O=C(CCCCCO[N+](=O)[O-])OC1CCC(OC(=O)CCCCCO[N+](=O)[O-])C1. The Bertz CT molecular complexity index is 496. The van der Waals surface area contributed by atoms with Crippen LogP contribution in [-0.2, 0) is 28.7 Å². The summed E-state index contributed by atoms with van der Waals surface area (Å²) in [5.41, 5.74) is 0. The third-order valence-corrected chi connectivity index (χ3v) is 4.38. The zero-order valence-electron chi connectivity index (χ0n) is 16.3. The molecule has 0 saturated heterocycles. The van der Waals surface area contributed by atoms with Crippen molar-refractivity contribution in [1.29, 1.82) is 0 Å². The first kappa shape index (κ1) is 24.4. The van der Waals surface area contributed by atoms with Crippen LogP contribution in [0.3, 0.4) is 0 Å². The number of esters is 2. The Kier molecular flexibility index (Phi) is 12.1. The Labute approximate surface area is 168 Å². The molecule has 12 heteroatoms. The molecule has 2 unspecified atom stereocenters. The van der Waals surface area contributed by atoms with Crippen LogP contribution in [0.25, 0.3) is 0 Å². The second kappa shape index (κ2) is 14.4. The Morgan fingerprint density at radius 3 is 1.52 bits per heavy atom. The van der Waals surface area contributed by atoms with Gasteiger partial charge in [0.1, 0.15) is 12.2 Å². The van der Waals surface area contributed by atoms with Gasteiger partial charge >= 0.3 is 11.9 Å². The van der Waals surface area contributed by atoms with Gasteiger partial charge in [-0.3, -0.25) is 9.59 Å². The van der Waals surface area contributed by atoms with Gasteiger partial charge in [-0.1, -0.05) is 12.8 Å². The molecule has 0 spiro atoms. The van der Waals surface area contributed by atoms with Crippen LogP contribution in [0.5, 0.6) is 0 Å². The van der Waals surface area contributed by atoms with E-state index in [-0.39, 0.29) is 50.2 Å². The minimum Gasteiger partial charge on any atom is -0.462 e. The molecule has 0 aromatic heterocycles. The van der Waals surface area contributed by atoms with E-state index in [9.17, 15) is 29.8 Å². The molecular weight excluding hydrogens is 392 g/mol. The highest BCUT2D eigenvalue weighted by Crippen LogP contribution is 2.26. The van der Waals surface area contributed by atoms with Gasteiger partial charge in [0.2, 0.25) is 0 Å². The van der Waals surface area contributed by atoms with Crippen molar-refractivity contribution >= 4 is 11.9 Å². The molecule has 29 heavy (non-hydrogen) atoms. The maximum absolute atomic E-state index is 11.8. The number of nitrogens with zero attached hydrogens (tertiary/aromatic N) is 2. The van der Waals surface area contributed by atoms with Gasteiger partial charge in [-0.2, -0.15) is 0 Å². The quantitative estimate of drug-likeness (QED) is 0.157. The average Bonchev–Trinajstić information content (AvgIpc) is 3.07. The van der Waals surface area contributed by atoms with Gasteiger partial charge in [-0.15, -0.1) is 20.2 Å². The molecule has 2 atom stereocenters. The van der Waals surface area contributed by atoms with Gasteiger partial charge < -0.3 is 19.1 Å². The lowest BCUT2D eigenvalue weighted by Gasteiger charge is -2.14. The zero-order valence-corrected chi connectivity index (χ0v) is 16.3. The summed E-state index contributed by atoms with van der Waals surface area (Å²) >= 11 is 0. The van der Waals surface area contributed by atoms with E-state index < -0.39 is 10.2 Å². The third-order valence-electron chi connectivity index (χ3n) is 4.38. The molecule has 1 aliphatic carbocycles. The summed E-state index contributed by atoms with van der Waals surface area (Å²) in [6.45, 7) is 0.0365. The van der Waals surface area contributed by atoms with Crippen LogP contribution in [0.1, 0.15) is 70.6 Å². The minimum atomic E-state index is -0.841. The van der Waals surface area contributed by atoms with Gasteiger partial charge in [0.25, 0.3) is 10.2 Å². The molecule has 0 aliphatic heterocycles. The highest BCUT2D eigenvalue weighted by atomic mass is 17.0. The third kappa shape index (κ3) is 13.2. The van der Waals surface area contributed by atoms with Crippen LogP contribution in [0.2, 0.25) is 0 Å². The maximum Gasteiger partial charge on any atom is 0.306 e. The number of hydrogen-bond acceptors (Lipinski definition) is 10. The largest absolute Gasteiger partial charge is 0.462 e. The molecule has 0 N–H and O–H groups in total. The molecule has 1 rings (SSSR count). The van der Waals surface area contributed by atoms with Crippen LogP contribution in [-0.4, -0.2) is 47.5 Å². The summed E-state index contributed by atoms with van der Waals surface area (Å²) in [4.78, 5) is 52.0. The number of unbranched alkanes of at least 4 members (excludes halogenated alkanes) is 4. The zero-order chi connectivity index (χ0) is 21.5. The number of rotatable bonds is 16. The number of carbonyl (C=O) groups excluding carboxylic acids is 2. The van der Waals surface area contributed by atoms with E-state index in [2.05, 4.69) is 9.68 Å². The lowest BCUT2D eigenvalue weighted by molar-refractivity contribution is -0.757. The fourth-order valence-corrected chi connectivity index (χ4v) is 2.98. The molecule has 1 saturated carbocycles. The lowest BCUT2D eigenvalue weighted by Crippen LogP contribution is -2.19. The van der Waals surface area contributed by atoms with E-state index in [1.165, 1.54) is 0 Å². The Morgan fingerprint density at radius 1 is 0.724 bits per heavy atom. The van der Waals surface area contributed by atoms with Crippen molar-refractivity contribution in [3.63, 3.8) is 0 Å². The molecule has 1 fully saturated rings. The Balaban J connectivity index is 2.03. The smallest absolute Gasteiger partial charge is 0.306 e. The topological polar surface area (TPSA) is 157 Å². The van der Waals surface area contributed by atoms with E-state index in [0.717, 1.165) is 0 Å². The lowest BCUT2D eigenvalue weighted by atomic mass is 10.2. The first-order valence-electron chi connectivity index (χ1n) is 9.80. The van der Waals surface area contributed by atoms with Crippen LogP contribution in [0, 0.1) is 20.2 Å². The fraction of sp³-hybridized carbons (Fsp3) is 0.882. The Hall–Kier alpha value is -2.66. The predicted molar refractivity (Wildman–Crippen MR) is 96.4 cm³/mol. The van der Waals surface area contributed by atoms with Crippen molar-refractivity contribution in [3.8, 4) is 0 Å². The van der Waals surface area contributed by atoms with Gasteiger partial charge in [-0.25, -0.2) is 0 Å². The van der Waals surface area contributed by atoms with Crippen LogP contribution in [0.4, 0.5) is 0 Å². The first-order chi connectivity index (χ1) is 13.9. The van der Waals surface area contributed by atoms with Crippen molar-refractivity contribution in [2.75, 3.05) is 13.2 Å². The summed E-state index contributed by atoms with van der Waals surface area (Å²) in [5, 5.41) is 18.3. The van der Waals surface area contributed by atoms with Gasteiger partial charge in [0, 0.05) is 19.3 Å². The summed E-state index contributed by atoms with van der Waals surface area (Å²) in [5.74, 6) is -0.650. The summed E-state index contributed by atoms with van der Waals surface area (Å²) in [6.07, 6.45) is 5.08. The van der Waals surface area contributed by atoms with E-state index in [1.54, 1.807) is 0 Å². The van der Waals surface area contributed by atoms with Crippen LogP contribution >= 0.6 is 0 Å². The van der Waals surface area contributed by atoms with Crippen molar-refractivity contribution in [1.82, 2.24) is 0 Å². The predicted octanol–water partition coefficient (Wildman–Crippen LogP) is 2.53. The molecule has 0 amide bonds. The average molecular weight is 420 g/mol. The van der Waals surface area contributed by atoms with Crippen molar-refractivity contribution in [2.45, 2.75) is 82.8 Å². The van der Waals surface area contributed by atoms with Crippen molar-refractivity contribution < 1.29 is 38.9 Å². The van der Waals surface area contributed by atoms with Crippen LogP contribution < -0.4 is 0 Å². The second-order valence-electron chi connectivity index (χ2n) is 6.77. The molecule has 1 aliphatic rings. The first-order valence-corrected chi connectivity index (χ1v) is 9.80. The maximum atomic E-state index is 11.8. The number of hydrogen-bond donors (Lipinski definition) is 0. The highest BCUT2D eigenvalue weighted by Gasteiger charge is 2.29. The van der Waals surface area contributed by atoms with E-state index in [0.29, 0.717) is 57.8 Å².